The van der Waals surface area contributed by atoms with Crippen LogP contribution in [-0.2, 0) is 10.5 Å². The van der Waals surface area contributed by atoms with Gasteiger partial charge >= 0.3 is 0 Å². The number of halogens is 3. The van der Waals surface area contributed by atoms with Crippen LogP contribution >= 0.6 is 46.6 Å². The summed E-state index contributed by atoms with van der Waals surface area (Å²) in [4.78, 5) is 12.7. The Hall–Kier alpha value is -1.73. The van der Waals surface area contributed by atoms with Crippen LogP contribution in [0.4, 0.5) is 0 Å². The number of carbonyl (C=O) groups excluding carboxylic acids is 1. The van der Waals surface area contributed by atoms with Gasteiger partial charge in [-0.2, -0.15) is 0 Å². The monoisotopic (exact) mass is 496 g/mol. The van der Waals surface area contributed by atoms with Gasteiger partial charge in [0.1, 0.15) is 0 Å². The van der Waals surface area contributed by atoms with Gasteiger partial charge in [0.05, 0.1) is 22.2 Å². The maximum Gasteiger partial charge on any atom is 0.227 e. The van der Waals surface area contributed by atoms with E-state index in [0.717, 1.165) is 5.56 Å². The van der Waals surface area contributed by atoms with E-state index in [4.69, 9.17) is 34.8 Å². The van der Waals surface area contributed by atoms with Crippen LogP contribution in [0, 0.1) is 5.41 Å². The van der Waals surface area contributed by atoms with Gasteiger partial charge in [0.2, 0.25) is 5.91 Å². The molecular weight excluding hydrogens is 475 g/mol. The molecule has 0 bridgehead atoms. The molecule has 1 N–H and O–H groups in total. The number of amides is 1. The number of aromatic nitrogens is 3. The summed E-state index contributed by atoms with van der Waals surface area (Å²) < 4.78 is 1.87. The van der Waals surface area contributed by atoms with E-state index in [1.807, 2.05) is 35.8 Å². The number of hydrogen-bond donors (Lipinski definition) is 1. The normalized spacial score (nSPS) is 12.6. The van der Waals surface area contributed by atoms with Crippen LogP contribution in [0.1, 0.15) is 38.2 Å². The van der Waals surface area contributed by atoms with Crippen LogP contribution in [0.5, 0.6) is 0 Å². The predicted molar refractivity (Wildman–Crippen MR) is 128 cm³/mol. The zero-order valence-corrected chi connectivity index (χ0v) is 20.5. The first-order valence-corrected chi connectivity index (χ1v) is 11.9. The quantitative estimate of drug-likeness (QED) is 0.293. The maximum absolute atomic E-state index is 12.7. The lowest BCUT2D eigenvalue weighted by molar-refractivity contribution is -0.129. The van der Waals surface area contributed by atoms with Gasteiger partial charge in [0.25, 0.3) is 0 Å². The molecule has 0 radical (unpaired) electrons. The fourth-order valence-corrected chi connectivity index (χ4v) is 4.31. The smallest absolute Gasteiger partial charge is 0.227 e. The standard InChI is InChI=1S/C22H23Cl3N4OS/c1-14(26-20(30)22(2,3)13-23)19-27-28-21(31-12-15-7-5-4-6-8-15)29(19)18-10-9-16(24)11-17(18)25/h4-11,14H,12-13H2,1-3H3,(H,26,30). The Morgan fingerprint density at radius 2 is 1.87 bits per heavy atom. The molecule has 0 aliphatic rings. The predicted octanol–water partition coefficient (Wildman–Crippen LogP) is 6.31. The van der Waals surface area contributed by atoms with Crippen LogP contribution in [0.3, 0.4) is 0 Å². The first kappa shape index (κ1) is 23.9. The Kier molecular flexibility index (Phi) is 7.92. The summed E-state index contributed by atoms with van der Waals surface area (Å²) in [6, 6.07) is 14.9. The summed E-state index contributed by atoms with van der Waals surface area (Å²) in [6.07, 6.45) is 0. The van der Waals surface area contributed by atoms with E-state index in [1.54, 1.807) is 26.0 Å². The summed E-state index contributed by atoms with van der Waals surface area (Å²) in [5.74, 6) is 1.33. The van der Waals surface area contributed by atoms with E-state index in [9.17, 15) is 4.79 Å². The molecule has 0 aliphatic carbocycles. The first-order valence-electron chi connectivity index (χ1n) is 9.67. The number of nitrogens with one attached hydrogen (secondary N) is 1. The van der Waals surface area contributed by atoms with Crippen molar-refractivity contribution in [3.8, 4) is 5.69 Å². The number of nitrogens with zero attached hydrogens (tertiary/aromatic N) is 3. The van der Waals surface area contributed by atoms with E-state index in [-0.39, 0.29) is 11.8 Å². The van der Waals surface area contributed by atoms with Gasteiger partial charge in [-0.25, -0.2) is 0 Å². The lowest BCUT2D eigenvalue weighted by Gasteiger charge is -2.24. The molecule has 1 heterocycles. The molecule has 1 aromatic heterocycles. The van der Waals surface area contributed by atoms with Gasteiger partial charge in [-0.3, -0.25) is 9.36 Å². The number of rotatable bonds is 8. The second kappa shape index (κ2) is 10.3. The van der Waals surface area contributed by atoms with Crippen LogP contribution in [0.15, 0.2) is 53.7 Å². The zero-order valence-electron chi connectivity index (χ0n) is 17.4. The third-order valence-electron chi connectivity index (χ3n) is 4.70. The van der Waals surface area contributed by atoms with Crippen LogP contribution in [0.25, 0.3) is 5.69 Å². The Labute approximate surface area is 201 Å². The van der Waals surface area contributed by atoms with Crippen molar-refractivity contribution in [1.29, 1.82) is 0 Å². The molecule has 3 aromatic rings. The molecule has 0 spiro atoms. The fraction of sp³-hybridized carbons (Fsp3) is 0.318. The topological polar surface area (TPSA) is 59.8 Å². The van der Waals surface area contributed by atoms with Crippen molar-refractivity contribution < 1.29 is 4.79 Å². The van der Waals surface area contributed by atoms with E-state index in [2.05, 4.69) is 27.6 Å². The molecule has 0 fully saturated rings. The van der Waals surface area contributed by atoms with E-state index in [0.29, 0.717) is 32.5 Å². The molecular formula is C22H23Cl3N4OS. The van der Waals surface area contributed by atoms with E-state index < -0.39 is 11.5 Å². The summed E-state index contributed by atoms with van der Waals surface area (Å²) in [6.45, 7) is 5.45. The van der Waals surface area contributed by atoms with Crippen molar-refractivity contribution in [1.82, 2.24) is 20.1 Å². The minimum Gasteiger partial charge on any atom is -0.346 e. The SMILES string of the molecule is CC(NC(=O)C(C)(C)CCl)c1nnc(SCc2ccccc2)n1-c1ccc(Cl)cc1Cl. The van der Waals surface area contributed by atoms with Crippen LogP contribution < -0.4 is 5.32 Å². The van der Waals surface area contributed by atoms with Crippen molar-refractivity contribution in [3.05, 3.63) is 70.0 Å². The van der Waals surface area contributed by atoms with Crippen LogP contribution in [-0.4, -0.2) is 26.6 Å². The Morgan fingerprint density at radius 3 is 2.52 bits per heavy atom. The van der Waals surface area contributed by atoms with Gasteiger partial charge < -0.3 is 5.32 Å². The van der Waals surface area contributed by atoms with Crippen molar-refractivity contribution >= 4 is 52.5 Å². The third-order valence-corrected chi connectivity index (χ3v) is 6.91. The maximum atomic E-state index is 12.7. The average molecular weight is 498 g/mol. The molecule has 2 aromatic carbocycles. The zero-order chi connectivity index (χ0) is 22.6. The Bertz CT molecular complexity index is 1060. The molecule has 9 heteroatoms. The number of hydrogen-bond acceptors (Lipinski definition) is 4. The largest absolute Gasteiger partial charge is 0.346 e. The summed E-state index contributed by atoms with van der Waals surface area (Å²) in [5, 5.41) is 13.4. The second-order valence-corrected chi connectivity index (χ2v) is 9.81. The highest BCUT2D eigenvalue weighted by Gasteiger charge is 2.30. The lowest BCUT2D eigenvalue weighted by Crippen LogP contribution is -2.40. The molecule has 1 amide bonds. The number of benzene rings is 2. The molecule has 31 heavy (non-hydrogen) atoms. The van der Waals surface area contributed by atoms with Gasteiger partial charge in [0.15, 0.2) is 11.0 Å². The summed E-state index contributed by atoms with van der Waals surface area (Å²) >= 11 is 20.1. The van der Waals surface area contributed by atoms with Gasteiger partial charge in [-0.1, -0.05) is 65.3 Å². The number of carbonyl (C=O) groups is 1. The van der Waals surface area contributed by atoms with Crippen molar-refractivity contribution in [3.63, 3.8) is 0 Å². The van der Waals surface area contributed by atoms with E-state index in [1.165, 1.54) is 11.8 Å². The van der Waals surface area contributed by atoms with Crippen molar-refractivity contribution in [2.24, 2.45) is 5.41 Å². The fourth-order valence-electron chi connectivity index (χ4n) is 2.78. The second-order valence-electron chi connectivity index (χ2n) is 7.76. The molecule has 0 saturated heterocycles. The minimum absolute atomic E-state index is 0.162. The highest BCUT2D eigenvalue weighted by atomic mass is 35.5. The Balaban J connectivity index is 1.97. The summed E-state index contributed by atoms with van der Waals surface area (Å²) in [7, 11) is 0. The first-order chi connectivity index (χ1) is 14.7. The van der Waals surface area contributed by atoms with Gasteiger partial charge in [-0.15, -0.1) is 21.8 Å². The molecule has 0 saturated carbocycles. The number of thioether (sulfide) groups is 1. The molecule has 164 valence electrons. The highest BCUT2D eigenvalue weighted by molar-refractivity contribution is 7.98. The third kappa shape index (κ3) is 5.75. The lowest BCUT2D eigenvalue weighted by atomic mass is 9.95. The van der Waals surface area contributed by atoms with Crippen molar-refractivity contribution in [2.75, 3.05) is 5.88 Å². The van der Waals surface area contributed by atoms with Gasteiger partial charge in [0, 0.05) is 16.7 Å². The van der Waals surface area contributed by atoms with E-state index >= 15 is 0 Å². The molecule has 1 unspecified atom stereocenters. The molecule has 1 atom stereocenters. The molecule has 0 aliphatic heterocycles. The summed E-state index contributed by atoms with van der Waals surface area (Å²) in [5.41, 5.74) is 1.15. The molecule has 3 rings (SSSR count). The minimum atomic E-state index is -0.705. The molecule has 5 nitrogen and oxygen atoms in total. The number of alkyl halides is 1. The van der Waals surface area contributed by atoms with Crippen molar-refractivity contribution in [2.45, 2.75) is 37.7 Å². The van der Waals surface area contributed by atoms with Gasteiger partial charge in [-0.05, 0) is 44.5 Å². The highest BCUT2D eigenvalue weighted by Crippen LogP contribution is 2.32. The Morgan fingerprint density at radius 1 is 1.16 bits per heavy atom. The van der Waals surface area contributed by atoms with Crippen LogP contribution in [0.2, 0.25) is 10.0 Å². The average Bonchev–Trinajstić information content (AvgIpc) is 3.16.